The maximum Gasteiger partial charge on any atom is 0.250 e. The van der Waals surface area contributed by atoms with Crippen LogP contribution in [-0.4, -0.2) is 34.9 Å². The van der Waals surface area contributed by atoms with Gasteiger partial charge in [-0.15, -0.1) is 5.10 Å². The lowest BCUT2D eigenvalue weighted by Crippen LogP contribution is -2.49. The lowest BCUT2D eigenvalue weighted by atomic mass is 9.49. The predicted octanol–water partition coefficient (Wildman–Crippen LogP) is 4.64. The molecule has 1 aromatic carbocycles. The summed E-state index contributed by atoms with van der Waals surface area (Å²) in [5.41, 5.74) is 1.16. The average Bonchev–Trinajstić information content (AvgIpc) is 3.18. The Balaban J connectivity index is 1.31. The highest BCUT2D eigenvalue weighted by molar-refractivity contribution is 7.99. The van der Waals surface area contributed by atoms with Crippen LogP contribution in [0.4, 0.5) is 0 Å². The van der Waals surface area contributed by atoms with Gasteiger partial charge in [0, 0.05) is 17.1 Å². The molecule has 30 heavy (non-hydrogen) atoms. The van der Waals surface area contributed by atoms with Crippen LogP contribution >= 0.6 is 11.8 Å². The molecule has 4 fully saturated rings. The molecule has 1 aliphatic heterocycles. The fraction of sp³-hybridized carbons (Fsp3) is 0.609. The molecule has 158 valence electrons. The lowest BCUT2D eigenvalue weighted by molar-refractivity contribution is -0.00944. The Bertz CT molecular complexity index is 982. The molecule has 7 heteroatoms. The molecular weight excluding hydrogens is 398 g/mol. The van der Waals surface area contributed by atoms with Crippen LogP contribution in [0.15, 0.2) is 23.4 Å². The van der Waals surface area contributed by atoms with E-state index in [9.17, 15) is 4.79 Å². The second kappa shape index (κ2) is 6.74. The molecule has 1 aromatic heterocycles. The van der Waals surface area contributed by atoms with Crippen molar-refractivity contribution in [3.63, 3.8) is 0 Å². The first-order valence-corrected chi connectivity index (χ1v) is 11.8. The van der Waals surface area contributed by atoms with Crippen LogP contribution in [-0.2, 0) is 5.41 Å². The summed E-state index contributed by atoms with van der Waals surface area (Å²) in [6.45, 7) is 0. The molecule has 4 aliphatic carbocycles. The standard InChI is InChI=1S/C23H27N3O3S/c1-28-17-4-3-16(8-18(17)29-2)19-9-20(27)26-22(30-19)24-21(25-26)23-10-13-5-14(11-23)7-15(6-13)12-23/h3-4,8,13-15,19H,5-7,9-12H2,1-2H3/t13?,14?,15?,19-,23?/m1/s1. The Morgan fingerprint density at radius 2 is 1.70 bits per heavy atom. The quantitative estimate of drug-likeness (QED) is 0.711. The van der Waals surface area contributed by atoms with Gasteiger partial charge in [-0.05, 0) is 74.0 Å². The molecule has 7 rings (SSSR count). The van der Waals surface area contributed by atoms with Gasteiger partial charge in [-0.25, -0.2) is 4.98 Å². The Kier molecular flexibility index (Phi) is 4.21. The normalized spacial score (nSPS) is 34.1. The first kappa shape index (κ1) is 18.7. The molecule has 0 N–H and O–H groups in total. The van der Waals surface area contributed by atoms with E-state index < -0.39 is 0 Å². The molecule has 2 aromatic rings. The first-order chi connectivity index (χ1) is 14.6. The van der Waals surface area contributed by atoms with Crippen molar-refractivity contribution >= 4 is 17.7 Å². The minimum Gasteiger partial charge on any atom is -0.493 e. The Labute approximate surface area is 180 Å². The second-order valence-electron chi connectivity index (χ2n) is 9.65. The van der Waals surface area contributed by atoms with Crippen LogP contribution in [0.5, 0.6) is 11.5 Å². The topological polar surface area (TPSA) is 66.2 Å². The fourth-order valence-corrected chi connectivity index (χ4v) is 7.94. The van der Waals surface area contributed by atoms with Crippen molar-refractivity contribution in [2.24, 2.45) is 17.8 Å². The van der Waals surface area contributed by atoms with Crippen molar-refractivity contribution in [2.45, 2.75) is 60.8 Å². The monoisotopic (exact) mass is 425 g/mol. The summed E-state index contributed by atoms with van der Waals surface area (Å²) < 4.78 is 12.4. The van der Waals surface area contributed by atoms with Crippen LogP contribution in [0.1, 0.15) is 66.4 Å². The number of nitrogens with zero attached hydrogens (tertiary/aromatic N) is 3. The Morgan fingerprint density at radius 1 is 1.03 bits per heavy atom. The van der Waals surface area contributed by atoms with E-state index in [1.54, 1.807) is 30.7 Å². The van der Waals surface area contributed by atoms with E-state index in [0.717, 1.165) is 34.3 Å². The van der Waals surface area contributed by atoms with Crippen LogP contribution in [0.2, 0.25) is 0 Å². The third kappa shape index (κ3) is 2.81. The van der Waals surface area contributed by atoms with Gasteiger partial charge in [0.25, 0.3) is 5.91 Å². The Morgan fingerprint density at radius 3 is 2.33 bits per heavy atom. The van der Waals surface area contributed by atoms with Crippen molar-refractivity contribution in [1.82, 2.24) is 14.8 Å². The van der Waals surface area contributed by atoms with Crippen LogP contribution in [0, 0.1) is 17.8 Å². The molecule has 1 atom stereocenters. The third-order valence-corrected chi connectivity index (χ3v) is 8.91. The molecule has 4 saturated carbocycles. The number of ether oxygens (including phenoxy) is 2. The summed E-state index contributed by atoms with van der Waals surface area (Å²) in [5, 5.41) is 5.56. The molecule has 0 spiro atoms. The summed E-state index contributed by atoms with van der Waals surface area (Å²) >= 11 is 1.64. The SMILES string of the molecule is COc1ccc([C@H]2CC(=O)n3nc(C45CC6CC(CC(C6)C4)C5)nc3S2)cc1OC. The van der Waals surface area contributed by atoms with E-state index in [1.165, 1.54) is 38.5 Å². The molecule has 0 radical (unpaired) electrons. The zero-order valence-electron chi connectivity index (χ0n) is 17.5. The summed E-state index contributed by atoms with van der Waals surface area (Å²) in [6.07, 6.45) is 8.21. The van der Waals surface area contributed by atoms with Gasteiger partial charge < -0.3 is 9.47 Å². The van der Waals surface area contributed by atoms with Gasteiger partial charge in [-0.2, -0.15) is 4.68 Å². The van der Waals surface area contributed by atoms with Gasteiger partial charge in [-0.1, -0.05) is 17.8 Å². The number of rotatable bonds is 4. The number of hydrogen-bond donors (Lipinski definition) is 0. The largest absolute Gasteiger partial charge is 0.493 e. The van der Waals surface area contributed by atoms with Crippen molar-refractivity contribution in [1.29, 1.82) is 0 Å². The average molecular weight is 426 g/mol. The van der Waals surface area contributed by atoms with Gasteiger partial charge in [-0.3, -0.25) is 4.79 Å². The molecule has 4 bridgehead atoms. The highest BCUT2D eigenvalue weighted by Gasteiger charge is 2.54. The van der Waals surface area contributed by atoms with Gasteiger partial charge in [0.1, 0.15) is 0 Å². The molecule has 6 nitrogen and oxygen atoms in total. The summed E-state index contributed by atoms with van der Waals surface area (Å²) in [6, 6.07) is 5.88. The number of thioether (sulfide) groups is 1. The number of aromatic nitrogens is 3. The zero-order valence-corrected chi connectivity index (χ0v) is 18.3. The number of carbonyl (C=O) groups is 1. The summed E-state index contributed by atoms with van der Waals surface area (Å²) in [4.78, 5) is 18.0. The molecule has 5 aliphatic rings. The third-order valence-electron chi connectivity index (χ3n) is 7.71. The maximum absolute atomic E-state index is 13.0. The predicted molar refractivity (Wildman–Crippen MR) is 113 cm³/mol. The molecule has 0 amide bonds. The van der Waals surface area contributed by atoms with E-state index in [4.69, 9.17) is 19.6 Å². The number of hydrogen-bond acceptors (Lipinski definition) is 6. The van der Waals surface area contributed by atoms with Gasteiger partial charge in [0.05, 0.1) is 14.2 Å². The maximum atomic E-state index is 13.0. The number of benzene rings is 1. The van der Waals surface area contributed by atoms with Crippen LogP contribution < -0.4 is 9.47 Å². The first-order valence-electron chi connectivity index (χ1n) is 11.0. The van der Waals surface area contributed by atoms with E-state index in [-0.39, 0.29) is 16.6 Å². The smallest absolute Gasteiger partial charge is 0.250 e. The number of carbonyl (C=O) groups excluding carboxylic acids is 1. The molecule has 2 heterocycles. The fourth-order valence-electron chi connectivity index (χ4n) is 6.80. The van der Waals surface area contributed by atoms with E-state index >= 15 is 0 Å². The molecule has 0 unspecified atom stereocenters. The highest BCUT2D eigenvalue weighted by atomic mass is 32.2. The summed E-state index contributed by atoms with van der Waals surface area (Å²) in [5.74, 6) is 4.85. The minimum absolute atomic E-state index is 0.0122. The number of methoxy groups -OCH3 is 2. The summed E-state index contributed by atoms with van der Waals surface area (Å²) in [7, 11) is 3.26. The minimum atomic E-state index is 0.0122. The highest BCUT2D eigenvalue weighted by Crippen LogP contribution is 2.60. The van der Waals surface area contributed by atoms with E-state index in [0.29, 0.717) is 17.9 Å². The second-order valence-corrected chi connectivity index (χ2v) is 10.8. The molecule has 0 saturated heterocycles. The van der Waals surface area contributed by atoms with E-state index in [2.05, 4.69) is 0 Å². The van der Waals surface area contributed by atoms with Gasteiger partial charge >= 0.3 is 0 Å². The van der Waals surface area contributed by atoms with Crippen molar-refractivity contribution in [3.8, 4) is 11.5 Å². The van der Waals surface area contributed by atoms with Gasteiger partial charge in [0.2, 0.25) is 0 Å². The zero-order chi connectivity index (χ0) is 20.5. The van der Waals surface area contributed by atoms with Crippen LogP contribution in [0.25, 0.3) is 0 Å². The van der Waals surface area contributed by atoms with Crippen molar-refractivity contribution < 1.29 is 14.3 Å². The van der Waals surface area contributed by atoms with E-state index in [1.807, 2.05) is 18.2 Å². The lowest BCUT2D eigenvalue weighted by Gasteiger charge is -2.55. The van der Waals surface area contributed by atoms with Gasteiger partial charge in [0.15, 0.2) is 22.5 Å². The van der Waals surface area contributed by atoms with Crippen molar-refractivity contribution in [3.05, 3.63) is 29.6 Å². The van der Waals surface area contributed by atoms with Crippen molar-refractivity contribution in [2.75, 3.05) is 14.2 Å². The number of fused-ring (bicyclic) bond motifs is 1. The van der Waals surface area contributed by atoms with Crippen LogP contribution in [0.3, 0.4) is 0 Å². The Hall–Kier alpha value is -2.02. The molecular formula is C23H27N3O3S.